The maximum absolute atomic E-state index is 9.41. The number of aliphatic hydroxyl groups is 1. The lowest BCUT2D eigenvalue weighted by Crippen LogP contribution is -2.16. The molecule has 0 unspecified atom stereocenters. The summed E-state index contributed by atoms with van der Waals surface area (Å²) in [5, 5.41) is 17.9. The van der Waals surface area contributed by atoms with E-state index < -0.39 is 6.10 Å². The fraction of sp³-hybridized carbons (Fsp3) is 0.235. The van der Waals surface area contributed by atoms with Gasteiger partial charge in [0.15, 0.2) is 0 Å². The van der Waals surface area contributed by atoms with Crippen molar-refractivity contribution in [2.24, 2.45) is 0 Å². The molecule has 0 aliphatic carbocycles. The van der Waals surface area contributed by atoms with Crippen LogP contribution < -0.4 is 4.74 Å². The summed E-state index contributed by atoms with van der Waals surface area (Å²) in [6.07, 6.45) is 0.244. The molecule has 0 aliphatic rings. The van der Waals surface area contributed by atoms with Crippen molar-refractivity contribution in [2.75, 3.05) is 6.61 Å². The molecule has 0 bridgehead atoms. The van der Waals surface area contributed by atoms with E-state index in [1.807, 2.05) is 48.5 Å². The second-order valence-corrected chi connectivity index (χ2v) is 4.63. The molecule has 0 saturated heterocycles. The molecule has 0 fully saturated rings. The number of ether oxygens (including phenoxy) is 1. The summed E-state index contributed by atoms with van der Waals surface area (Å²) in [6.45, 7) is 0.144. The Bertz CT molecular complexity index is 558. The van der Waals surface area contributed by atoms with Crippen LogP contribution in [0.15, 0.2) is 54.6 Å². The fourth-order valence-electron chi connectivity index (χ4n) is 1.89. The highest BCUT2D eigenvalue weighted by molar-refractivity contribution is 5.31. The van der Waals surface area contributed by atoms with Crippen molar-refractivity contribution in [3.05, 3.63) is 65.7 Å². The van der Waals surface area contributed by atoms with Gasteiger partial charge in [0, 0.05) is 0 Å². The number of nitrogens with zero attached hydrogens (tertiary/aromatic N) is 1. The van der Waals surface area contributed by atoms with Crippen LogP contribution in [-0.2, 0) is 6.42 Å². The highest BCUT2D eigenvalue weighted by atomic mass is 16.5. The maximum Gasteiger partial charge on any atom is 0.119 e. The highest BCUT2D eigenvalue weighted by Gasteiger charge is 2.04. The van der Waals surface area contributed by atoms with Crippen LogP contribution >= 0.6 is 0 Å². The molecule has 20 heavy (non-hydrogen) atoms. The quantitative estimate of drug-likeness (QED) is 0.875. The molecule has 1 N–H and O–H groups in total. The van der Waals surface area contributed by atoms with Crippen LogP contribution in [0.2, 0.25) is 0 Å². The molecular weight excluding hydrogens is 250 g/mol. The third-order valence-electron chi connectivity index (χ3n) is 2.94. The van der Waals surface area contributed by atoms with E-state index in [2.05, 4.69) is 12.1 Å². The second-order valence-electron chi connectivity index (χ2n) is 4.63. The lowest BCUT2D eigenvalue weighted by molar-refractivity contribution is 0.111. The Kier molecular flexibility index (Phi) is 5.16. The Morgan fingerprint density at radius 3 is 2.30 bits per heavy atom. The number of aliphatic hydroxyl groups excluding tert-OH is 1. The van der Waals surface area contributed by atoms with E-state index in [9.17, 15) is 5.11 Å². The minimum absolute atomic E-state index is 0.0894. The van der Waals surface area contributed by atoms with Gasteiger partial charge in [-0.1, -0.05) is 42.5 Å². The van der Waals surface area contributed by atoms with Gasteiger partial charge in [-0.25, -0.2) is 0 Å². The van der Waals surface area contributed by atoms with Crippen LogP contribution in [0.3, 0.4) is 0 Å². The fourth-order valence-corrected chi connectivity index (χ4v) is 1.89. The average Bonchev–Trinajstić information content (AvgIpc) is 2.48. The Balaban J connectivity index is 1.88. The summed E-state index contributed by atoms with van der Waals surface area (Å²) in [7, 11) is 0. The largest absolute Gasteiger partial charge is 0.491 e. The van der Waals surface area contributed by atoms with Gasteiger partial charge in [0.05, 0.1) is 12.5 Å². The van der Waals surface area contributed by atoms with Crippen LogP contribution in [-0.4, -0.2) is 17.8 Å². The van der Waals surface area contributed by atoms with Gasteiger partial charge in [0.25, 0.3) is 0 Å². The van der Waals surface area contributed by atoms with Crippen LogP contribution in [0.1, 0.15) is 17.5 Å². The highest BCUT2D eigenvalue weighted by Crippen LogP contribution is 2.15. The lowest BCUT2D eigenvalue weighted by Gasteiger charge is -2.10. The van der Waals surface area contributed by atoms with Gasteiger partial charge in [0.2, 0.25) is 0 Å². The van der Waals surface area contributed by atoms with Gasteiger partial charge in [-0.15, -0.1) is 0 Å². The first kappa shape index (κ1) is 14.1. The number of benzene rings is 2. The summed E-state index contributed by atoms with van der Waals surface area (Å²) < 4.78 is 5.42. The van der Waals surface area contributed by atoms with E-state index in [0.29, 0.717) is 5.75 Å². The predicted octanol–water partition coefficient (Wildman–Crippen LogP) is 2.93. The summed E-state index contributed by atoms with van der Waals surface area (Å²) in [4.78, 5) is 0. The normalized spacial score (nSPS) is 11.6. The van der Waals surface area contributed by atoms with Crippen molar-refractivity contribution in [3.8, 4) is 11.8 Å². The molecule has 2 aromatic carbocycles. The Morgan fingerprint density at radius 2 is 1.65 bits per heavy atom. The molecule has 0 amide bonds. The molecule has 2 rings (SSSR count). The SMILES string of the molecule is N#CC[C@H](O)COc1ccc(Cc2ccccc2)cc1. The van der Waals surface area contributed by atoms with Crippen molar-refractivity contribution in [2.45, 2.75) is 18.9 Å². The van der Waals surface area contributed by atoms with Crippen molar-refractivity contribution >= 4 is 0 Å². The van der Waals surface area contributed by atoms with Gasteiger partial charge in [-0.3, -0.25) is 0 Å². The molecular formula is C17H17NO2. The minimum atomic E-state index is -0.732. The zero-order valence-corrected chi connectivity index (χ0v) is 11.2. The van der Waals surface area contributed by atoms with Gasteiger partial charge >= 0.3 is 0 Å². The number of rotatable bonds is 6. The van der Waals surface area contributed by atoms with Crippen molar-refractivity contribution in [3.63, 3.8) is 0 Å². The second kappa shape index (κ2) is 7.32. The standard InChI is InChI=1S/C17H17NO2/c18-11-10-16(19)13-20-17-8-6-15(7-9-17)12-14-4-2-1-3-5-14/h1-9,16,19H,10,12-13H2/t16-/m0/s1. The first-order valence-corrected chi connectivity index (χ1v) is 6.58. The van der Waals surface area contributed by atoms with Gasteiger partial charge in [-0.05, 0) is 29.7 Å². The molecule has 1 atom stereocenters. The predicted molar refractivity (Wildman–Crippen MR) is 77.4 cm³/mol. The maximum atomic E-state index is 9.41. The van der Waals surface area contributed by atoms with Crippen LogP contribution in [0.4, 0.5) is 0 Å². The minimum Gasteiger partial charge on any atom is -0.491 e. The molecule has 0 heterocycles. The molecule has 0 saturated carbocycles. The Hall–Kier alpha value is -2.31. The van der Waals surface area contributed by atoms with Crippen LogP contribution in [0.25, 0.3) is 0 Å². The van der Waals surface area contributed by atoms with E-state index in [1.165, 1.54) is 11.1 Å². The van der Waals surface area contributed by atoms with Gasteiger partial charge in [0.1, 0.15) is 18.5 Å². The number of nitriles is 1. The summed E-state index contributed by atoms with van der Waals surface area (Å²) in [5.41, 5.74) is 2.48. The number of hydrogen-bond acceptors (Lipinski definition) is 3. The van der Waals surface area contributed by atoms with Crippen LogP contribution in [0.5, 0.6) is 5.75 Å². The topological polar surface area (TPSA) is 53.2 Å². The van der Waals surface area contributed by atoms with E-state index in [4.69, 9.17) is 10.00 Å². The van der Waals surface area contributed by atoms with E-state index >= 15 is 0 Å². The lowest BCUT2D eigenvalue weighted by atomic mass is 10.1. The van der Waals surface area contributed by atoms with Crippen molar-refractivity contribution in [1.82, 2.24) is 0 Å². The van der Waals surface area contributed by atoms with Gasteiger partial charge in [-0.2, -0.15) is 5.26 Å². The third-order valence-corrected chi connectivity index (χ3v) is 2.94. The molecule has 2 aromatic rings. The molecule has 102 valence electrons. The summed E-state index contributed by atoms with van der Waals surface area (Å²) in [5.74, 6) is 0.707. The van der Waals surface area contributed by atoms with E-state index in [1.54, 1.807) is 0 Å². The summed E-state index contributed by atoms with van der Waals surface area (Å²) >= 11 is 0. The molecule has 3 nitrogen and oxygen atoms in total. The zero-order valence-electron chi connectivity index (χ0n) is 11.2. The van der Waals surface area contributed by atoms with Crippen LogP contribution in [0, 0.1) is 11.3 Å². The number of hydrogen-bond donors (Lipinski definition) is 1. The Labute approximate surface area is 119 Å². The molecule has 0 aliphatic heterocycles. The monoisotopic (exact) mass is 267 g/mol. The van der Waals surface area contributed by atoms with Crippen molar-refractivity contribution in [1.29, 1.82) is 5.26 Å². The molecule has 0 radical (unpaired) electrons. The first-order chi connectivity index (χ1) is 9.78. The molecule has 0 spiro atoms. The molecule has 3 heteroatoms. The average molecular weight is 267 g/mol. The summed E-state index contributed by atoms with van der Waals surface area (Å²) in [6, 6.07) is 20.0. The van der Waals surface area contributed by atoms with Gasteiger partial charge < -0.3 is 9.84 Å². The van der Waals surface area contributed by atoms with E-state index in [0.717, 1.165) is 6.42 Å². The van der Waals surface area contributed by atoms with Crippen molar-refractivity contribution < 1.29 is 9.84 Å². The first-order valence-electron chi connectivity index (χ1n) is 6.58. The smallest absolute Gasteiger partial charge is 0.119 e. The molecule has 0 aromatic heterocycles. The third kappa shape index (κ3) is 4.42. The zero-order chi connectivity index (χ0) is 14.2. The Morgan fingerprint density at radius 1 is 1.00 bits per heavy atom. The van der Waals surface area contributed by atoms with E-state index in [-0.39, 0.29) is 13.0 Å².